The van der Waals surface area contributed by atoms with Gasteiger partial charge in [-0.2, -0.15) is 11.8 Å². The quantitative estimate of drug-likeness (QED) is 0.736. The molecule has 0 aliphatic rings. The van der Waals surface area contributed by atoms with E-state index in [-0.39, 0.29) is 0 Å². The molecule has 1 amide bonds. The van der Waals surface area contributed by atoms with E-state index in [0.717, 1.165) is 12.0 Å². The number of carbonyl (C=O) groups is 2. The molecule has 5 heteroatoms. The summed E-state index contributed by atoms with van der Waals surface area (Å²) in [5, 5.41) is 2.52. The molecule has 0 aliphatic heterocycles. The molecule has 1 atom stereocenters. The average Bonchev–Trinajstić information content (AvgIpc) is 2.09. The first-order chi connectivity index (χ1) is 6.89. The Morgan fingerprint density at radius 2 is 2.13 bits per heavy atom. The number of carbonyl (C=O) groups excluding carboxylic acids is 2. The van der Waals surface area contributed by atoms with Crippen molar-refractivity contribution in [2.45, 2.75) is 38.8 Å². The van der Waals surface area contributed by atoms with E-state index in [4.69, 9.17) is 4.74 Å². The molecule has 0 aliphatic carbocycles. The number of alkyl carbamates (subject to hydrolysis) is 1. The molecule has 1 N–H and O–H groups in total. The number of nitrogens with one attached hydrogen (secondary N) is 1. The van der Waals surface area contributed by atoms with Crippen molar-refractivity contribution in [2.24, 2.45) is 0 Å². The largest absolute Gasteiger partial charge is 0.444 e. The molecular formula is C10H19NO3S. The molecule has 0 radical (unpaired) electrons. The number of amides is 1. The van der Waals surface area contributed by atoms with Crippen LogP contribution in [0.2, 0.25) is 0 Å². The van der Waals surface area contributed by atoms with Gasteiger partial charge in [-0.15, -0.1) is 0 Å². The molecule has 0 bridgehead atoms. The van der Waals surface area contributed by atoms with Crippen LogP contribution >= 0.6 is 11.8 Å². The van der Waals surface area contributed by atoms with Gasteiger partial charge in [-0.05, 0) is 39.2 Å². The Hall–Kier alpha value is -0.710. The summed E-state index contributed by atoms with van der Waals surface area (Å²) >= 11 is 1.63. The van der Waals surface area contributed by atoms with Gasteiger partial charge < -0.3 is 14.8 Å². The number of thioether (sulfide) groups is 1. The van der Waals surface area contributed by atoms with Crippen LogP contribution in [-0.2, 0) is 9.53 Å². The van der Waals surface area contributed by atoms with Gasteiger partial charge in [0.15, 0.2) is 0 Å². The summed E-state index contributed by atoms with van der Waals surface area (Å²) in [5.74, 6) is 0.833. The zero-order valence-corrected chi connectivity index (χ0v) is 10.5. The van der Waals surface area contributed by atoms with Gasteiger partial charge >= 0.3 is 6.09 Å². The predicted octanol–water partition coefficient (Wildman–Crippen LogP) is 1.83. The Morgan fingerprint density at radius 3 is 2.53 bits per heavy atom. The minimum Gasteiger partial charge on any atom is -0.444 e. The van der Waals surface area contributed by atoms with E-state index < -0.39 is 17.7 Å². The van der Waals surface area contributed by atoms with Crippen molar-refractivity contribution in [1.82, 2.24) is 5.32 Å². The zero-order chi connectivity index (χ0) is 11.9. The number of aldehydes is 1. The Balaban J connectivity index is 3.96. The molecule has 0 unspecified atom stereocenters. The van der Waals surface area contributed by atoms with Crippen molar-refractivity contribution in [1.29, 1.82) is 0 Å². The molecule has 0 fully saturated rings. The van der Waals surface area contributed by atoms with E-state index in [1.807, 2.05) is 6.26 Å². The van der Waals surface area contributed by atoms with Gasteiger partial charge in [0, 0.05) is 0 Å². The molecular weight excluding hydrogens is 214 g/mol. The highest BCUT2D eigenvalue weighted by atomic mass is 32.2. The lowest BCUT2D eigenvalue weighted by molar-refractivity contribution is -0.109. The minimum absolute atomic E-state index is 0.452. The second-order valence-corrected chi connectivity index (χ2v) is 5.16. The zero-order valence-electron chi connectivity index (χ0n) is 9.70. The van der Waals surface area contributed by atoms with Crippen LogP contribution in [-0.4, -0.2) is 36.0 Å². The van der Waals surface area contributed by atoms with Gasteiger partial charge in [0.25, 0.3) is 0 Å². The number of ether oxygens (including phenoxy) is 1. The maximum absolute atomic E-state index is 11.3. The summed E-state index contributed by atoms with van der Waals surface area (Å²) in [5.41, 5.74) is -0.531. The Morgan fingerprint density at radius 1 is 1.53 bits per heavy atom. The molecule has 15 heavy (non-hydrogen) atoms. The van der Waals surface area contributed by atoms with Crippen LogP contribution in [0.25, 0.3) is 0 Å². The van der Waals surface area contributed by atoms with E-state index in [2.05, 4.69) is 5.32 Å². The minimum atomic E-state index is -0.541. The van der Waals surface area contributed by atoms with Gasteiger partial charge in [0.2, 0.25) is 0 Å². The Labute approximate surface area is 95.1 Å². The van der Waals surface area contributed by atoms with Crippen molar-refractivity contribution < 1.29 is 14.3 Å². The highest BCUT2D eigenvalue weighted by Crippen LogP contribution is 2.07. The normalized spacial score (nSPS) is 13.1. The summed E-state index contributed by atoms with van der Waals surface area (Å²) < 4.78 is 5.03. The van der Waals surface area contributed by atoms with Crippen LogP contribution in [0.1, 0.15) is 27.2 Å². The molecule has 0 rings (SSSR count). The second kappa shape index (κ2) is 6.71. The lowest BCUT2D eigenvalue weighted by Gasteiger charge is -2.21. The topological polar surface area (TPSA) is 55.4 Å². The monoisotopic (exact) mass is 233 g/mol. The highest BCUT2D eigenvalue weighted by Gasteiger charge is 2.18. The lowest BCUT2D eigenvalue weighted by atomic mass is 10.2. The molecule has 0 spiro atoms. The first-order valence-corrected chi connectivity index (χ1v) is 6.22. The molecule has 0 heterocycles. The highest BCUT2D eigenvalue weighted by molar-refractivity contribution is 7.98. The van der Waals surface area contributed by atoms with Gasteiger partial charge in [-0.25, -0.2) is 4.79 Å². The van der Waals surface area contributed by atoms with Crippen LogP contribution in [0.4, 0.5) is 4.79 Å². The van der Waals surface area contributed by atoms with Crippen LogP contribution in [0, 0.1) is 0 Å². The smallest absolute Gasteiger partial charge is 0.408 e. The first kappa shape index (κ1) is 14.3. The van der Waals surface area contributed by atoms with Gasteiger partial charge in [0.05, 0.1) is 6.04 Å². The molecule has 0 aromatic carbocycles. The summed E-state index contributed by atoms with van der Waals surface area (Å²) in [4.78, 5) is 21.9. The van der Waals surface area contributed by atoms with Gasteiger partial charge in [0.1, 0.15) is 11.9 Å². The van der Waals surface area contributed by atoms with E-state index in [1.165, 1.54) is 0 Å². The van der Waals surface area contributed by atoms with Gasteiger partial charge in [-0.1, -0.05) is 0 Å². The third-order valence-corrected chi connectivity index (χ3v) is 2.14. The van der Waals surface area contributed by atoms with E-state index in [1.54, 1.807) is 32.5 Å². The van der Waals surface area contributed by atoms with Crippen molar-refractivity contribution >= 4 is 24.1 Å². The van der Waals surface area contributed by atoms with Crippen molar-refractivity contribution in [3.63, 3.8) is 0 Å². The van der Waals surface area contributed by atoms with Crippen LogP contribution < -0.4 is 5.32 Å². The molecule has 0 aromatic rings. The number of hydrogen-bond donors (Lipinski definition) is 1. The SMILES string of the molecule is CSCC[C@H](C=O)NC(=O)OC(C)(C)C. The van der Waals surface area contributed by atoms with Crippen molar-refractivity contribution in [3.05, 3.63) is 0 Å². The Kier molecular flexibility index (Phi) is 6.40. The fourth-order valence-electron chi connectivity index (χ4n) is 0.878. The maximum Gasteiger partial charge on any atom is 0.408 e. The standard InChI is InChI=1S/C10H19NO3S/c1-10(2,3)14-9(13)11-8(7-12)5-6-15-4/h7-8H,5-6H2,1-4H3,(H,11,13)/t8-/m1/s1. The second-order valence-electron chi connectivity index (χ2n) is 4.17. The number of rotatable bonds is 5. The van der Waals surface area contributed by atoms with E-state index in [0.29, 0.717) is 6.42 Å². The van der Waals surface area contributed by atoms with Gasteiger partial charge in [-0.3, -0.25) is 0 Å². The summed E-state index contributed by atoms with van der Waals surface area (Å²) in [6.45, 7) is 5.35. The fraction of sp³-hybridized carbons (Fsp3) is 0.800. The van der Waals surface area contributed by atoms with E-state index >= 15 is 0 Å². The summed E-state index contributed by atoms with van der Waals surface area (Å²) in [6.07, 6.45) is 2.78. The van der Waals surface area contributed by atoms with Crippen LogP contribution in [0.5, 0.6) is 0 Å². The molecule has 4 nitrogen and oxygen atoms in total. The molecule has 0 saturated heterocycles. The van der Waals surface area contributed by atoms with E-state index in [9.17, 15) is 9.59 Å². The summed E-state index contributed by atoms with van der Waals surface area (Å²) in [6, 6.07) is -0.452. The third-order valence-electron chi connectivity index (χ3n) is 1.50. The average molecular weight is 233 g/mol. The predicted molar refractivity (Wildman–Crippen MR) is 62.2 cm³/mol. The molecule has 0 aromatic heterocycles. The van der Waals surface area contributed by atoms with Crippen LogP contribution in [0.3, 0.4) is 0 Å². The lowest BCUT2D eigenvalue weighted by Crippen LogP contribution is -2.40. The molecule has 88 valence electrons. The van der Waals surface area contributed by atoms with Crippen LogP contribution in [0.15, 0.2) is 0 Å². The maximum atomic E-state index is 11.3. The number of hydrogen-bond acceptors (Lipinski definition) is 4. The first-order valence-electron chi connectivity index (χ1n) is 4.83. The van der Waals surface area contributed by atoms with Crippen molar-refractivity contribution in [3.8, 4) is 0 Å². The fourth-order valence-corrected chi connectivity index (χ4v) is 1.37. The Bertz CT molecular complexity index is 213. The molecule has 0 saturated carbocycles. The summed E-state index contributed by atoms with van der Waals surface area (Å²) in [7, 11) is 0. The van der Waals surface area contributed by atoms with Crippen molar-refractivity contribution in [2.75, 3.05) is 12.0 Å². The third kappa shape index (κ3) is 8.30.